The van der Waals surface area contributed by atoms with Gasteiger partial charge in [-0.2, -0.15) is 0 Å². The number of hydrogen-bond donors (Lipinski definition) is 2. The van der Waals surface area contributed by atoms with Gasteiger partial charge >= 0.3 is 0 Å². The number of carbonyl (C=O) groups excluding carboxylic acids is 1. The van der Waals surface area contributed by atoms with Gasteiger partial charge in [0.15, 0.2) is 0 Å². The van der Waals surface area contributed by atoms with Crippen molar-refractivity contribution in [2.75, 3.05) is 5.32 Å². The third kappa shape index (κ3) is 3.64. The first-order chi connectivity index (χ1) is 13.2. The lowest BCUT2D eigenvalue weighted by molar-refractivity contribution is 0.102. The fourth-order valence-corrected chi connectivity index (χ4v) is 3.72. The molecule has 0 aliphatic rings. The number of amides is 1. The molecule has 4 nitrogen and oxygen atoms in total. The third-order valence-corrected chi connectivity index (χ3v) is 5.22. The van der Waals surface area contributed by atoms with E-state index in [1.54, 1.807) is 23.9 Å². The molecule has 1 amide bonds. The lowest BCUT2D eigenvalue weighted by atomic mass is 10.1. The molecule has 3 aromatic carbocycles. The van der Waals surface area contributed by atoms with E-state index in [0.717, 1.165) is 9.79 Å². The lowest BCUT2D eigenvalue weighted by Crippen LogP contribution is -2.22. The third-order valence-electron chi connectivity index (χ3n) is 4.14. The molecule has 132 valence electrons. The number of aromatic amines is 1. The number of hydrogen-bond acceptors (Lipinski definition) is 3. The van der Waals surface area contributed by atoms with Crippen LogP contribution in [-0.2, 0) is 0 Å². The zero-order chi connectivity index (χ0) is 18.6. The molecule has 1 heterocycles. The Morgan fingerprint density at radius 3 is 2.41 bits per heavy atom. The number of H-pyrrole nitrogens is 1. The SMILES string of the molecule is O=C(Nc1ccccc1Sc1ccccc1)c1c[nH]c2ccccc2c1=O. The van der Waals surface area contributed by atoms with Gasteiger partial charge in [-0.15, -0.1) is 0 Å². The van der Waals surface area contributed by atoms with Crippen molar-refractivity contribution in [3.8, 4) is 0 Å². The molecular formula is C22H16N2O2S. The molecule has 0 spiro atoms. The van der Waals surface area contributed by atoms with Crippen LogP contribution in [0.3, 0.4) is 0 Å². The van der Waals surface area contributed by atoms with Crippen LogP contribution in [0.15, 0.2) is 99.6 Å². The zero-order valence-corrected chi connectivity index (χ0v) is 15.1. The van der Waals surface area contributed by atoms with Crippen molar-refractivity contribution < 1.29 is 4.79 Å². The number of para-hydroxylation sites is 2. The normalized spacial score (nSPS) is 10.7. The van der Waals surface area contributed by atoms with Crippen LogP contribution < -0.4 is 10.7 Å². The molecule has 2 N–H and O–H groups in total. The van der Waals surface area contributed by atoms with Gasteiger partial charge in [0.05, 0.1) is 5.69 Å². The molecule has 0 fully saturated rings. The Morgan fingerprint density at radius 2 is 1.56 bits per heavy atom. The number of nitrogens with one attached hydrogen (secondary N) is 2. The van der Waals surface area contributed by atoms with Gasteiger partial charge in [-0.1, -0.05) is 54.2 Å². The van der Waals surface area contributed by atoms with Gasteiger partial charge < -0.3 is 10.3 Å². The summed E-state index contributed by atoms with van der Waals surface area (Å²) in [6, 6.07) is 24.6. The van der Waals surface area contributed by atoms with Crippen molar-refractivity contribution >= 4 is 34.3 Å². The Kier molecular flexibility index (Phi) is 4.77. The van der Waals surface area contributed by atoms with Crippen LogP contribution >= 0.6 is 11.8 Å². The maximum absolute atomic E-state index is 12.7. The Bertz CT molecular complexity index is 1170. The molecule has 1 aromatic heterocycles. The van der Waals surface area contributed by atoms with Gasteiger partial charge in [-0.05, 0) is 36.4 Å². The van der Waals surface area contributed by atoms with E-state index in [-0.39, 0.29) is 11.0 Å². The highest BCUT2D eigenvalue weighted by Gasteiger charge is 2.14. The predicted molar refractivity (Wildman–Crippen MR) is 110 cm³/mol. The minimum absolute atomic E-state index is 0.0909. The van der Waals surface area contributed by atoms with Crippen LogP contribution in [0.1, 0.15) is 10.4 Å². The molecule has 0 saturated carbocycles. The van der Waals surface area contributed by atoms with Crippen molar-refractivity contribution in [2.24, 2.45) is 0 Å². The molecule has 0 radical (unpaired) electrons. The summed E-state index contributed by atoms with van der Waals surface area (Å²) < 4.78 is 0. The summed E-state index contributed by atoms with van der Waals surface area (Å²) in [4.78, 5) is 30.4. The van der Waals surface area contributed by atoms with Gasteiger partial charge in [-0.3, -0.25) is 9.59 Å². The van der Waals surface area contributed by atoms with E-state index in [4.69, 9.17) is 0 Å². The van der Waals surface area contributed by atoms with Gasteiger partial charge in [0.2, 0.25) is 5.43 Å². The first-order valence-electron chi connectivity index (χ1n) is 8.46. The predicted octanol–water partition coefficient (Wildman–Crippen LogP) is 4.93. The van der Waals surface area contributed by atoms with Crippen LogP contribution in [0.4, 0.5) is 5.69 Å². The summed E-state index contributed by atoms with van der Waals surface area (Å²) in [5.74, 6) is -0.428. The largest absolute Gasteiger partial charge is 0.360 e. The van der Waals surface area contributed by atoms with E-state index in [0.29, 0.717) is 16.6 Å². The van der Waals surface area contributed by atoms with Gasteiger partial charge in [0, 0.05) is 26.9 Å². The standard InChI is InChI=1S/C22H16N2O2S/c25-21-16-10-4-5-11-18(16)23-14-17(21)22(26)24-19-12-6-7-13-20(19)27-15-8-2-1-3-9-15/h1-14H,(H,23,25)(H,24,26). The highest BCUT2D eigenvalue weighted by Crippen LogP contribution is 2.33. The molecule has 0 unspecified atom stereocenters. The lowest BCUT2D eigenvalue weighted by Gasteiger charge is -2.11. The molecule has 0 bridgehead atoms. The number of benzene rings is 3. The number of fused-ring (bicyclic) bond motifs is 1. The smallest absolute Gasteiger partial charge is 0.261 e. The van der Waals surface area contributed by atoms with Crippen molar-refractivity contribution in [2.45, 2.75) is 9.79 Å². The monoisotopic (exact) mass is 372 g/mol. The van der Waals surface area contributed by atoms with E-state index in [1.165, 1.54) is 6.20 Å². The number of carbonyl (C=O) groups is 1. The van der Waals surface area contributed by atoms with Crippen LogP contribution in [0.2, 0.25) is 0 Å². The van der Waals surface area contributed by atoms with Gasteiger partial charge in [0.1, 0.15) is 5.56 Å². The number of aromatic nitrogens is 1. The van der Waals surface area contributed by atoms with Crippen molar-refractivity contribution in [3.63, 3.8) is 0 Å². The average molecular weight is 372 g/mol. The molecular weight excluding hydrogens is 356 g/mol. The number of pyridine rings is 1. The van der Waals surface area contributed by atoms with Crippen molar-refractivity contribution in [1.82, 2.24) is 4.98 Å². The summed E-state index contributed by atoms with van der Waals surface area (Å²) in [5, 5.41) is 3.37. The molecule has 0 aliphatic heterocycles. The molecule has 5 heteroatoms. The fourth-order valence-electron chi connectivity index (χ4n) is 2.80. The maximum Gasteiger partial charge on any atom is 0.261 e. The van der Waals surface area contributed by atoms with E-state index in [9.17, 15) is 9.59 Å². The summed E-state index contributed by atoms with van der Waals surface area (Å²) in [6.07, 6.45) is 1.47. The minimum Gasteiger partial charge on any atom is -0.360 e. The van der Waals surface area contributed by atoms with Crippen LogP contribution in [0, 0.1) is 0 Å². The van der Waals surface area contributed by atoms with Gasteiger partial charge in [-0.25, -0.2) is 0 Å². The van der Waals surface area contributed by atoms with Crippen molar-refractivity contribution in [3.05, 3.63) is 101 Å². The number of rotatable bonds is 4. The molecule has 0 saturated heterocycles. The Morgan fingerprint density at radius 1 is 0.852 bits per heavy atom. The minimum atomic E-state index is -0.428. The summed E-state index contributed by atoms with van der Waals surface area (Å²) in [5.41, 5.74) is 1.19. The fraction of sp³-hybridized carbons (Fsp3) is 0. The first kappa shape index (κ1) is 17.1. The van der Waals surface area contributed by atoms with E-state index in [1.807, 2.05) is 66.7 Å². The quantitative estimate of drug-likeness (QED) is 0.534. The van der Waals surface area contributed by atoms with Crippen LogP contribution in [-0.4, -0.2) is 10.9 Å². The number of anilines is 1. The first-order valence-corrected chi connectivity index (χ1v) is 9.28. The molecule has 27 heavy (non-hydrogen) atoms. The second-order valence-corrected chi connectivity index (χ2v) is 7.06. The highest BCUT2D eigenvalue weighted by atomic mass is 32.2. The topological polar surface area (TPSA) is 62.0 Å². The maximum atomic E-state index is 12.7. The second-order valence-electron chi connectivity index (χ2n) is 5.94. The summed E-state index contributed by atoms with van der Waals surface area (Å²) in [7, 11) is 0. The van der Waals surface area contributed by atoms with Crippen LogP contribution in [0.25, 0.3) is 10.9 Å². The molecule has 4 aromatic rings. The molecule has 0 atom stereocenters. The Balaban J connectivity index is 1.64. The molecule has 4 rings (SSSR count). The zero-order valence-electron chi connectivity index (χ0n) is 14.3. The average Bonchev–Trinajstić information content (AvgIpc) is 2.71. The summed E-state index contributed by atoms with van der Waals surface area (Å²) >= 11 is 1.56. The van der Waals surface area contributed by atoms with Crippen molar-refractivity contribution in [1.29, 1.82) is 0 Å². The second kappa shape index (κ2) is 7.51. The van der Waals surface area contributed by atoms with E-state index < -0.39 is 5.91 Å². The van der Waals surface area contributed by atoms with Crippen LogP contribution in [0.5, 0.6) is 0 Å². The highest BCUT2D eigenvalue weighted by molar-refractivity contribution is 7.99. The van der Waals surface area contributed by atoms with Gasteiger partial charge in [0.25, 0.3) is 5.91 Å². The summed E-state index contributed by atoms with van der Waals surface area (Å²) in [6.45, 7) is 0. The van der Waals surface area contributed by atoms with E-state index in [2.05, 4.69) is 10.3 Å². The molecule has 0 aliphatic carbocycles. The Labute approximate surface area is 160 Å². The van der Waals surface area contributed by atoms with E-state index >= 15 is 0 Å². The Hall–Kier alpha value is -3.31.